The molecule has 0 radical (unpaired) electrons. The summed E-state index contributed by atoms with van der Waals surface area (Å²) in [7, 11) is 3.14. The summed E-state index contributed by atoms with van der Waals surface area (Å²) in [5.74, 6) is -0.574. The number of nitrogens with zero attached hydrogens (tertiary/aromatic N) is 2. The topological polar surface area (TPSA) is 64.3 Å². The van der Waals surface area contributed by atoms with Crippen LogP contribution in [0, 0.1) is 0 Å². The number of carboxylic acid groups (broad SMARTS) is 1. The Hall–Kier alpha value is -2.37. The van der Waals surface area contributed by atoms with Crippen LogP contribution < -0.4 is 4.74 Å². The highest BCUT2D eigenvalue weighted by molar-refractivity contribution is 5.87. The molecule has 0 aliphatic heterocycles. The molecule has 0 amide bonds. The largest absolute Gasteiger partial charge is 0.496 e. The molecule has 0 saturated heterocycles. The maximum absolute atomic E-state index is 13.4. The van der Waals surface area contributed by atoms with Gasteiger partial charge in [-0.2, -0.15) is 5.10 Å². The van der Waals surface area contributed by atoms with E-state index in [0.717, 1.165) is 0 Å². The fourth-order valence-corrected chi connectivity index (χ4v) is 2.00. The van der Waals surface area contributed by atoms with Crippen molar-refractivity contribution in [3.05, 3.63) is 35.5 Å². The first-order valence-corrected chi connectivity index (χ1v) is 6.03. The number of aromatic carboxylic acids is 1. The van der Waals surface area contributed by atoms with Crippen molar-refractivity contribution in [3.8, 4) is 17.0 Å². The molecule has 1 atom stereocenters. The highest BCUT2D eigenvalue weighted by atomic mass is 19.1. The van der Waals surface area contributed by atoms with Gasteiger partial charge in [-0.3, -0.25) is 4.68 Å². The highest BCUT2D eigenvalue weighted by Crippen LogP contribution is 2.33. The molecule has 20 heavy (non-hydrogen) atoms. The third kappa shape index (κ3) is 2.49. The Bertz CT molecular complexity index is 650. The fraction of sp³-hybridized carbons (Fsp3) is 0.286. The van der Waals surface area contributed by atoms with E-state index in [2.05, 4.69) is 5.10 Å². The van der Waals surface area contributed by atoms with Gasteiger partial charge >= 0.3 is 5.97 Å². The summed E-state index contributed by atoms with van der Waals surface area (Å²) in [5.41, 5.74) is 1.60. The fourth-order valence-electron chi connectivity index (χ4n) is 2.00. The Morgan fingerprint density at radius 3 is 2.65 bits per heavy atom. The van der Waals surface area contributed by atoms with Gasteiger partial charge in [-0.15, -0.1) is 0 Å². The van der Waals surface area contributed by atoms with Crippen molar-refractivity contribution in [1.29, 1.82) is 0 Å². The number of aryl methyl sites for hydroxylation is 1. The molecule has 0 spiro atoms. The smallest absolute Gasteiger partial charge is 0.356 e. The second-order valence-corrected chi connectivity index (χ2v) is 4.42. The third-order valence-corrected chi connectivity index (χ3v) is 3.06. The molecule has 2 rings (SSSR count). The lowest BCUT2D eigenvalue weighted by Gasteiger charge is -2.11. The van der Waals surface area contributed by atoms with E-state index in [0.29, 0.717) is 22.6 Å². The molecule has 0 aliphatic carbocycles. The number of carboxylic acids is 1. The number of hydrogen-bond acceptors (Lipinski definition) is 3. The number of carbonyl (C=O) groups is 1. The van der Waals surface area contributed by atoms with E-state index in [1.807, 2.05) is 0 Å². The van der Waals surface area contributed by atoms with Gasteiger partial charge in [0, 0.05) is 12.6 Å². The summed E-state index contributed by atoms with van der Waals surface area (Å²) in [6.45, 7) is 1.44. The minimum Gasteiger partial charge on any atom is -0.496 e. The van der Waals surface area contributed by atoms with E-state index < -0.39 is 12.1 Å². The Labute approximate surface area is 115 Å². The summed E-state index contributed by atoms with van der Waals surface area (Å²) in [4.78, 5) is 11.0. The maximum Gasteiger partial charge on any atom is 0.356 e. The monoisotopic (exact) mass is 278 g/mol. The molecule has 0 fully saturated rings. The number of methoxy groups -OCH3 is 1. The Balaban J connectivity index is 2.60. The van der Waals surface area contributed by atoms with Crippen molar-refractivity contribution in [3.63, 3.8) is 0 Å². The third-order valence-electron chi connectivity index (χ3n) is 3.06. The predicted octanol–water partition coefficient (Wildman–Crippen LogP) is 2.82. The van der Waals surface area contributed by atoms with Crippen molar-refractivity contribution >= 4 is 5.97 Å². The summed E-state index contributed by atoms with van der Waals surface area (Å²) >= 11 is 0. The van der Waals surface area contributed by atoms with Gasteiger partial charge in [-0.25, -0.2) is 9.18 Å². The lowest BCUT2D eigenvalue weighted by Crippen LogP contribution is -2.00. The summed E-state index contributed by atoms with van der Waals surface area (Å²) in [6.07, 6.45) is -1.12. The van der Waals surface area contributed by atoms with Crippen LogP contribution in [-0.2, 0) is 7.05 Å². The number of hydrogen-bond donors (Lipinski definition) is 1. The van der Waals surface area contributed by atoms with Gasteiger partial charge in [-0.1, -0.05) is 6.07 Å². The summed E-state index contributed by atoms with van der Waals surface area (Å²) in [5, 5.41) is 12.9. The quantitative estimate of drug-likeness (QED) is 0.934. The van der Waals surface area contributed by atoms with E-state index in [1.165, 1.54) is 24.8 Å². The van der Waals surface area contributed by atoms with Crippen LogP contribution in [0.3, 0.4) is 0 Å². The average molecular weight is 278 g/mol. The van der Waals surface area contributed by atoms with E-state index in [1.54, 1.807) is 25.2 Å². The molecule has 1 aromatic carbocycles. The molecule has 0 saturated carbocycles. The van der Waals surface area contributed by atoms with Gasteiger partial charge in [-0.05, 0) is 30.7 Å². The SMILES string of the molecule is COc1ccc(C(C)F)cc1-c1cc(C(=O)O)nn1C. The van der Waals surface area contributed by atoms with Gasteiger partial charge in [0.2, 0.25) is 0 Å². The molecule has 5 nitrogen and oxygen atoms in total. The van der Waals surface area contributed by atoms with Gasteiger partial charge in [0.1, 0.15) is 11.9 Å². The lowest BCUT2D eigenvalue weighted by molar-refractivity contribution is 0.0689. The lowest BCUT2D eigenvalue weighted by atomic mass is 10.0. The molecular weight excluding hydrogens is 263 g/mol. The zero-order chi connectivity index (χ0) is 14.9. The second-order valence-electron chi connectivity index (χ2n) is 4.42. The van der Waals surface area contributed by atoms with Crippen molar-refractivity contribution in [2.24, 2.45) is 7.05 Å². The predicted molar refractivity (Wildman–Crippen MR) is 71.7 cm³/mol. The number of ether oxygens (including phenoxy) is 1. The molecule has 0 bridgehead atoms. The highest BCUT2D eigenvalue weighted by Gasteiger charge is 2.17. The first kappa shape index (κ1) is 14.0. The summed E-state index contributed by atoms with van der Waals surface area (Å²) in [6, 6.07) is 6.38. The van der Waals surface area contributed by atoms with Gasteiger partial charge < -0.3 is 9.84 Å². The number of rotatable bonds is 4. The van der Waals surface area contributed by atoms with Crippen molar-refractivity contribution in [2.45, 2.75) is 13.1 Å². The van der Waals surface area contributed by atoms with E-state index in [-0.39, 0.29) is 5.69 Å². The zero-order valence-corrected chi connectivity index (χ0v) is 11.4. The Morgan fingerprint density at radius 1 is 1.45 bits per heavy atom. The molecule has 2 aromatic rings. The van der Waals surface area contributed by atoms with Crippen LogP contribution in [0.1, 0.15) is 29.1 Å². The Morgan fingerprint density at radius 2 is 2.15 bits per heavy atom. The number of halogens is 1. The van der Waals surface area contributed by atoms with Crippen LogP contribution >= 0.6 is 0 Å². The molecule has 1 heterocycles. The molecule has 106 valence electrons. The van der Waals surface area contributed by atoms with E-state index in [4.69, 9.17) is 9.84 Å². The van der Waals surface area contributed by atoms with Crippen LogP contribution in [0.5, 0.6) is 5.75 Å². The standard InChI is InChI=1S/C14H15FN2O3/c1-8(15)9-4-5-13(20-3)10(6-9)12-7-11(14(18)19)16-17(12)2/h4-8H,1-3H3,(H,18,19). The minimum atomic E-state index is -1.12. The van der Waals surface area contributed by atoms with E-state index in [9.17, 15) is 9.18 Å². The van der Waals surface area contributed by atoms with Gasteiger partial charge in [0.25, 0.3) is 0 Å². The van der Waals surface area contributed by atoms with Crippen LogP contribution in [0.2, 0.25) is 0 Å². The molecule has 0 aliphatic rings. The average Bonchev–Trinajstić information content (AvgIpc) is 2.80. The van der Waals surface area contributed by atoms with E-state index >= 15 is 0 Å². The number of alkyl halides is 1. The van der Waals surface area contributed by atoms with Gasteiger partial charge in [0.15, 0.2) is 5.69 Å². The van der Waals surface area contributed by atoms with Crippen LogP contribution in [-0.4, -0.2) is 28.0 Å². The maximum atomic E-state index is 13.4. The van der Waals surface area contributed by atoms with Crippen molar-refractivity contribution in [2.75, 3.05) is 7.11 Å². The number of aromatic nitrogens is 2. The summed E-state index contributed by atoms with van der Waals surface area (Å²) < 4.78 is 20.1. The normalized spacial score (nSPS) is 12.2. The minimum absolute atomic E-state index is 0.0664. The molecule has 1 unspecified atom stereocenters. The molecule has 1 N–H and O–H groups in total. The molecule has 6 heteroatoms. The van der Waals surface area contributed by atoms with Crippen LogP contribution in [0.4, 0.5) is 4.39 Å². The van der Waals surface area contributed by atoms with Crippen LogP contribution in [0.25, 0.3) is 11.3 Å². The number of benzene rings is 1. The molecule has 1 aromatic heterocycles. The molecular formula is C14H15FN2O3. The van der Waals surface area contributed by atoms with Crippen molar-refractivity contribution in [1.82, 2.24) is 9.78 Å². The zero-order valence-electron chi connectivity index (χ0n) is 11.4. The second kappa shape index (κ2) is 5.32. The first-order chi connectivity index (χ1) is 9.43. The van der Waals surface area contributed by atoms with Gasteiger partial charge in [0.05, 0.1) is 12.8 Å². The van der Waals surface area contributed by atoms with Crippen molar-refractivity contribution < 1.29 is 19.0 Å². The van der Waals surface area contributed by atoms with Crippen LogP contribution in [0.15, 0.2) is 24.3 Å². The Kier molecular flexibility index (Phi) is 3.74. The first-order valence-electron chi connectivity index (χ1n) is 6.03.